The standard InChI is InChI=1S/C17H23N3O4.ClH/c1-23-14-4-2-3-13(9-14)11-19-6-7-20(12-16(19)21)17(22)15-10-18-5-8-24-15;/h2-4,9,15,18H,5-8,10-12H2,1H3;1H. The van der Waals surface area contributed by atoms with Crippen molar-refractivity contribution < 1.29 is 19.1 Å². The molecule has 2 amide bonds. The van der Waals surface area contributed by atoms with E-state index in [-0.39, 0.29) is 30.8 Å². The average molecular weight is 370 g/mol. The normalized spacial score (nSPS) is 20.8. The van der Waals surface area contributed by atoms with Gasteiger partial charge in [0.2, 0.25) is 5.91 Å². The zero-order chi connectivity index (χ0) is 16.9. The summed E-state index contributed by atoms with van der Waals surface area (Å²) in [5, 5.41) is 3.14. The van der Waals surface area contributed by atoms with Gasteiger partial charge in [-0.2, -0.15) is 0 Å². The van der Waals surface area contributed by atoms with Crippen LogP contribution in [0.15, 0.2) is 24.3 Å². The van der Waals surface area contributed by atoms with Crippen molar-refractivity contribution in [2.45, 2.75) is 12.6 Å². The summed E-state index contributed by atoms with van der Waals surface area (Å²) in [6.07, 6.45) is -0.475. The third-order valence-corrected chi connectivity index (χ3v) is 4.34. The van der Waals surface area contributed by atoms with Gasteiger partial charge in [-0.05, 0) is 17.7 Å². The van der Waals surface area contributed by atoms with Gasteiger partial charge in [0.05, 0.1) is 20.3 Å². The van der Waals surface area contributed by atoms with E-state index in [4.69, 9.17) is 9.47 Å². The van der Waals surface area contributed by atoms with E-state index in [1.54, 1.807) is 16.9 Å². The fraction of sp³-hybridized carbons (Fsp3) is 0.529. The van der Waals surface area contributed by atoms with Gasteiger partial charge in [0.1, 0.15) is 11.9 Å². The van der Waals surface area contributed by atoms with E-state index in [0.29, 0.717) is 32.8 Å². The monoisotopic (exact) mass is 369 g/mol. The van der Waals surface area contributed by atoms with Crippen molar-refractivity contribution >= 4 is 24.2 Å². The maximum absolute atomic E-state index is 12.4. The Hall–Kier alpha value is -1.83. The van der Waals surface area contributed by atoms with Crippen LogP contribution in [0, 0.1) is 0 Å². The van der Waals surface area contributed by atoms with Crippen LogP contribution >= 0.6 is 12.4 Å². The lowest BCUT2D eigenvalue weighted by atomic mass is 10.1. The molecular formula is C17H24ClN3O4. The number of morpholine rings is 1. The summed E-state index contributed by atoms with van der Waals surface area (Å²) in [7, 11) is 1.62. The predicted octanol–water partition coefficient (Wildman–Crippen LogP) is 0.276. The lowest BCUT2D eigenvalue weighted by Gasteiger charge is -2.36. The Morgan fingerprint density at radius 1 is 1.40 bits per heavy atom. The second-order valence-corrected chi connectivity index (χ2v) is 5.99. The highest BCUT2D eigenvalue weighted by atomic mass is 35.5. The zero-order valence-electron chi connectivity index (χ0n) is 14.3. The molecule has 1 N–H and O–H groups in total. The molecule has 0 bridgehead atoms. The van der Waals surface area contributed by atoms with Crippen LogP contribution in [-0.2, 0) is 20.9 Å². The Balaban J connectivity index is 0.00000225. The Labute approximate surface area is 153 Å². The molecule has 25 heavy (non-hydrogen) atoms. The highest BCUT2D eigenvalue weighted by Crippen LogP contribution is 2.16. The fourth-order valence-electron chi connectivity index (χ4n) is 2.98. The quantitative estimate of drug-likeness (QED) is 0.825. The van der Waals surface area contributed by atoms with Gasteiger partial charge in [-0.3, -0.25) is 9.59 Å². The number of nitrogens with one attached hydrogen (secondary N) is 1. The maximum Gasteiger partial charge on any atom is 0.253 e. The molecule has 1 aromatic rings. The van der Waals surface area contributed by atoms with Gasteiger partial charge in [0, 0.05) is 32.7 Å². The average Bonchev–Trinajstić information content (AvgIpc) is 2.63. The van der Waals surface area contributed by atoms with Crippen molar-refractivity contribution in [2.75, 3.05) is 46.4 Å². The van der Waals surface area contributed by atoms with Gasteiger partial charge in [0.25, 0.3) is 5.91 Å². The third-order valence-electron chi connectivity index (χ3n) is 4.34. The lowest BCUT2D eigenvalue weighted by molar-refractivity contribution is -0.153. The number of nitrogens with zero attached hydrogens (tertiary/aromatic N) is 2. The molecule has 0 radical (unpaired) electrons. The minimum Gasteiger partial charge on any atom is -0.497 e. The van der Waals surface area contributed by atoms with Crippen molar-refractivity contribution in [3.63, 3.8) is 0 Å². The molecule has 7 nitrogen and oxygen atoms in total. The number of methoxy groups -OCH3 is 1. The molecule has 138 valence electrons. The van der Waals surface area contributed by atoms with Gasteiger partial charge >= 0.3 is 0 Å². The Bertz CT molecular complexity index is 607. The van der Waals surface area contributed by atoms with E-state index in [1.807, 2.05) is 24.3 Å². The van der Waals surface area contributed by atoms with E-state index in [2.05, 4.69) is 5.32 Å². The number of rotatable bonds is 4. The molecule has 0 saturated carbocycles. The SMILES string of the molecule is COc1cccc(CN2CCN(C(=O)C3CNCCO3)CC2=O)c1.Cl. The summed E-state index contributed by atoms with van der Waals surface area (Å²) in [4.78, 5) is 28.2. The molecule has 1 atom stereocenters. The number of hydrogen-bond donors (Lipinski definition) is 1. The van der Waals surface area contributed by atoms with Crippen LogP contribution in [0.3, 0.4) is 0 Å². The summed E-state index contributed by atoms with van der Waals surface area (Å²) in [5.41, 5.74) is 1.02. The summed E-state index contributed by atoms with van der Waals surface area (Å²) in [6.45, 7) is 3.51. The van der Waals surface area contributed by atoms with Crippen LogP contribution < -0.4 is 10.1 Å². The smallest absolute Gasteiger partial charge is 0.253 e. The largest absolute Gasteiger partial charge is 0.497 e. The molecule has 0 spiro atoms. The van der Waals surface area contributed by atoms with E-state index < -0.39 is 6.10 Å². The van der Waals surface area contributed by atoms with Crippen LogP contribution in [0.25, 0.3) is 0 Å². The number of amides is 2. The maximum atomic E-state index is 12.4. The molecule has 2 aliphatic rings. The topological polar surface area (TPSA) is 71.1 Å². The molecule has 2 aliphatic heterocycles. The number of carbonyl (C=O) groups is 2. The van der Waals surface area contributed by atoms with Gasteiger partial charge in [-0.15, -0.1) is 12.4 Å². The van der Waals surface area contributed by atoms with E-state index in [9.17, 15) is 9.59 Å². The summed E-state index contributed by atoms with van der Waals surface area (Å²) < 4.78 is 10.7. The second kappa shape index (κ2) is 9.03. The zero-order valence-corrected chi connectivity index (χ0v) is 15.1. The first-order chi connectivity index (χ1) is 11.7. The number of ether oxygens (including phenoxy) is 2. The number of halogens is 1. The Morgan fingerprint density at radius 3 is 2.92 bits per heavy atom. The van der Waals surface area contributed by atoms with Crippen molar-refractivity contribution in [3.05, 3.63) is 29.8 Å². The minimum atomic E-state index is -0.475. The summed E-state index contributed by atoms with van der Waals surface area (Å²) in [6, 6.07) is 7.67. The Kier molecular flexibility index (Phi) is 7.04. The van der Waals surface area contributed by atoms with Gasteiger partial charge < -0.3 is 24.6 Å². The van der Waals surface area contributed by atoms with E-state index >= 15 is 0 Å². The molecule has 1 unspecified atom stereocenters. The molecule has 3 rings (SSSR count). The molecule has 0 aromatic heterocycles. The predicted molar refractivity (Wildman–Crippen MR) is 94.8 cm³/mol. The molecule has 2 heterocycles. The highest BCUT2D eigenvalue weighted by molar-refractivity contribution is 5.88. The molecule has 2 saturated heterocycles. The Morgan fingerprint density at radius 2 is 2.24 bits per heavy atom. The molecular weight excluding hydrogens is 346 g/mol. The molecule has 2 fully saturated rings. The first-order valence-corrected chi connectivity index (χ1v) is 8.19. The van der Waals surface area contributed by atoms with Crippen LogP contribution in [0.5, 0.6) is 5.75 Å². The van der Waals surface area contributed by atoms with Crippen LogP contribution in [-0.4, -0.2) is 74.2 Å². The summed E-state index contributed by atoms with van der Waals surface area (Å²) in [5.74, 6) is 0.633. The van der Waals surface area contributed by atoms with E-state index in [1.165, 1.54) is 0 Å². The third kappa shape index (κ3) is 4.84. The first-order valence-electron chi connectivity index (χ1n) is 8.19. The fourth-order valence-corrected chi connectivity index (χ4v) is 2.98. The van der Waals surface area contributed by atoms with Crippen molar-refractivity contribution in [2.24, 2.45) is 0 Å². The van der Waals surface area contributed by atoms with Gasteiger partial charge in [0.15, 0.2) is 0 Å². The van der Waals surface area contributed by atoms with Crippen molar-refractivity contribution in [3.8, 4) is 5.75 Å². The lowest BCUT2D eigenvalue weighted by Crippen LogP contribution is -2.56. The molecule has 0 aliphatic carbocycles. The number of benzene rings is 1. The van der Waals surface area contributed by atoms with Crippen LogP contribution in [0.1, 0.15) is 5.56 Å². The van der Waals surface area contributed by atoms with Crippen molar-refractivity contribution in [1.29, 1.82) is 0 Å². The first kappa shape index (κ1) is 19.5. The molecule has 1 aromatic carbocycles. The number of carbonyl (C=O) groups excluding carboxylic acids is 2. The highest BCUT2D eigenvalue weighted by Gasteiger charge is 2.32. The van der Waals surface area contributed by atoms with Crippen LogP contribution in [0.2, 0.25) is 0 Å². The van der Waals surface area contributed by atoms with Crippen LogP contribution in [0.4, 0.5) is 0 Å². The van der Waals surface area contributed by atoms with Gasteiger partial charge in [-0.25, -0.2) is 0 Å². The number of piperazine rings is 1. The summed E-state index contributed by atoms with van der Waals surface area (Å²) >= 11 is 0. The second-order valence-electron chi connectivity index (χ2n) is 5.99. The minimum absolute atomic E-state index is 0. The molecule has 8 heteroatoms. The van der Waals surface area contributed by atoms with E-state index in [0.717, 1.165) is 17.9 Å². The van der Waals surface area contributed by atoms with Gasteiger partial charge in [-0.1, -0.05) is 12.1 Å². The van der Waals surface area contributed by atoms with Crippen molar-refractivity contribution in [1.82, 2.24) is 15.1 Å². The number of hydrogen-bond acceptors (Lipinski definition) is 5.